The molecule has 4 heteroatoms. The first-order chi connectivity index (χ1) is 10.7. The number of amides is 1. The van der Waals surface area contributed by atoms with E-state index in [1.54, 1.807) is 32.4 Å². The molecule has 0 spiro atoms. The van der Waals surface area contributed by atoms with Crippen molar-refractivity contribution in [1.82, 2.24) is 5.32 Å². The van der Waals surface area contributed by atoms with Gasteiger partial charge in [-0.2, -0.15) is 0 Å². The van der Waals surface area contributed by atoms with Crippen LogP contribution >= 0.6 is 0 Å². The van der Waals surface area contributed by atoms with Gasteiger partial charge in [0.15, 0.2) is 11.5 Å². The number of ether oxygens (including phenoxy) is 2. The van der Waals surface area contributed by atoms with Crippen LogP contribution in [0.4, 0.5) is 0 Å². The molecule has 0 heterocycles. The van der Waals surface area contributed by atoms with E-state index < -0.39 is 0 Å². The second-order valence-corrected chi connectivity index (χ2v) is 4.92. The highest BCUT2D eigenvalue weighted by Gasteiger charge is 2.10. The lowest BCUT2D eigenvalue weighted by atomic mass is 10.1. The van der Waals surface area contributed by atoms with Crippen LogP contribution < -0.4 is 14.8 Å². The summed E-state index contributed by atoms with van der Waals surface area (Å²) in [5, 5.41) is 2.91. The zero-order chi connectivity index (χ0) is 15.9. The van der Waals surface area contributed by atoms with Crippen LogP contribution in [0.1, 0.15) is 28.4 Å². The molecule has 2 rings (SSSR count). The summed E-state index contributed by atoms with van der Waals surface area (Å²) in [5.74, 6) is 1.01. The van der Waals surface area contributed by atoms with Gasteiger partial charge < -0.3 is 14.8 Å². The molecule has 0 saturated heterocycles. The maximum absolute atomic E-state index is 12.2. The van der Waals surface area contributed by atoms with E-state index in [1.807, 2.05) is 12.1 Å². The fourth-order valence-electron chi connectivity index (χ4n) is 2.15. The molecule has 0 aliphatic heterocycles. The molecule has 0 fully saturated rings. The SMILES string of the molecule is CCc1ccc(CNC(=O)c2ccc(OC)c(OC)c2)cc1. The number of aryl methyl sites for hydroxylation is 1. The van der Waals surface area contributed by atoms with E-state index in [4.69, 9.17) is 9.47 Å². The number of nitrogens with one attached hydrogen (secondary N) is 1. The molecule has 0 aromatic heterocycles. The molecule has 116 valence electrons. The molecule has 4 nitrogen and oxygen atoms in total. The summed E-state index contributed by atoms with van der Waals surface area (Å²) >= 11 is 0. The molecule has 0 aliphatic rings. The molecular formula is C18H21NO3. The van der Waals surface area contributed by atoms with Gasteiger partial charge >= 0.3 is 0 Å². The van der Waals surface area contributed by atoms with E-state index in [-0.39, 0.29) is 5.91 Å². The fraction of sp³-hybridized carbons (Fsp3) is 0.278. The average molecular weight is 299 g/mol. The average Bonchev–Trinajstić information content (AvgIpc) is 2.59. The van der Waals surface area contributed by atoms with Gasteiger partial charge in [0.1, 0.15) is 0 Å². The minimum Gasteiger partial charge on any atom is -0.493 e. The highest BCUT2D eigenvalue weighted by Crippen LogP contribution is 2.27. The number of methoxy groups -OCH3 is 2. The van der Waals surface area contributed by atoms with Crippen molar-refractivity contribution in [2.24, 2.45) is 0 Å². The van der Waals surface area contributed by atoms with Crippen molar-refractivity contribution in [2.75, 3.05) is 14.2 Å². The number of carbonyl (C=O) groups is 1. The molecule has 2 aromatic carbocycles. The third-order valence-electron chi connectivity index (χ3n) is 3.53. The van der Waals surface area contributed by atoms with Crippen molar-refractivity contribution >= 4 is 5.91 Å². The Hall–Kier alpha value is -2.49. The van der Waals surface area contributed by atoms with E-state index in [0.717, 1.165) is 12.0 Å². The monoisotopic (exact) mass is 299 g/mol. The molecule has 2 aromatic rings. The zero-order valence-corrected chi connectivity index (χ0v) is 13.2. The van der Waals surface area contributed by atoms with Crippen molar-refractivity contribution < 1.29 is 14.3 Å². The largest absolute Gasteiger partial charge is 0.493 e. The number of rotatable bonds is 6. The Labute approximate surface area is 131 Å². The Morgan fingerprint density at radius 3 is 2.18 bits per heavy atom. The lowest BCUT2D eigenvalue weighted by molar-refractivity contribution is 0.0950. The summed E-state index contributed by atoms with van der Waals surface area (Å²) in [6.07, 6.45) is 1.01. The van der Waals surface area contributed by atoms with Gasteiger partial charge in [-0.05, 0) is 35.7 Å². The van der Waals surface area contributed by atoms with Crippen LogP contribution in [0.25, 0.3) is 0 Å². The molecule has 0 radical (unpaired) electrons. The van der Waals surface area contributed by atoms with Gasteiger partial charge in [-0.25, -0.2) is 0 Å². The van der Waals surface area contributed by atoms with Crippen LogP contribution in [-0.2, 0) is 13.0 Å². The molecule has 0 aliphatic carbocycles. The van der Waals surface area contributed by atoms with Crippen LogP contribution in [0.5, 0.6) is 11.5 Å². The van der Waals surface area contributed by atoms with Crippen LogP contribution in [0.2, 0.25) is 0 Å². The predicted octanol–water partition coefficient (Wildman–Crippen LogP) is 3.20. The smallest absolute Gasteiger partial charge is 0.251 e. The Bertz CT molecular complexity index is 635. The van der Waals surface area contributed by atoms with Crippen LogP contribution in [-0.4, -0.2) is 20.1 Å². The summed E-state index contributed by atoms with van der Waals surface area (Å²) < 4.78 is 10.4. The third-order valence-corrected chi connectivity index (χ3v) is 3.53. The van der Waals surface area contributed by atoms with Gasteiger partial charge in [-0.1, -0.05) is 31.2 Å². The maximum atomic E-state index is 12.2. The van der Waals surface area contributed by atoms with E-state index >= 15 is 0 Å². The van der Waals surface area contributed by atoms with Crippen LogP contribution in [0.15, 0.2) is 42.5 Å². The summed E-state index contributed by atoms with van der Waals surface area (Å²) in [5.41, 5.74) is 2.91. The Morgan fingerprint density at radius 1 is 0.955 bits per heavy atom. The lowest BCUT2D eigenvalue weighted by Crippen LogP contribution is -2.22. The molecule has 0 saturated carbocycles. The van der Waals surface area contributed by atoms with Crippen molar-refractivity contribution in [1.29, 1.82) is 0 Å². The third kappa shape index (κ3) is 3.79. The van der Waals surface area contributed by atoms with E-state index in [2.05, 4.69) is 24.4 Å². The quantitative estimate of drug-likeness (QED) is 0.891. The molecule has 22 heavy (non-hydrogen) atoms. The summed E-state index contributed by atoms with van der Waals surface area (Å²) in [6, 6.07) is 13.4. The molecule has 0 bridgehead atoms. The highest BCUT2D eigenvalue weighted by atomic mass is 16.5. The fourth-order valence-corrected chi connectivity index (χ4v) is 2.15. The normalized spacial score (nSPS) is 10.1. The van der Waals surface area contributed by atoms with E-state index in [9.17, 15) is 4.79 Å². The van der Waals surface area contributed by atoms with Crippen LogP contribution in [0, 0.1) is 0 Å². The van der Waals surface area contributed by atoms with Crippen molar-refractivity contribution in [3.63, 3.8) is 0 Å². The second-order valence-electron chi connectivity index (χ2n) is 4.92. The standard InChI is InChI=1S/C18H21NO3/c1-4-13-5-7-14(8-6-13)12-19-18(20)15-9-10-16(21-2)17(11-15)22-3/h5-11H,4,12H2,1-3H3,(H,19,20). The summed E-state index contributed by atoms with van der Waals surface area (Å²) in [4.78, 5) is 12.2. The Balaban J connectivity index is 2.02. The number of carbonyl (C=O) groups excluding carboxylic acids is 1. The molecule has 1 N–H and O–H groups in total. The van der Waals surface area contributed by atoms with Crippen LogP contribution in [0.3, 0.4) is 0 Å². The highest BCUT2D eigenvalue weighted by molar-refractivity contribution is 5.94. The first-order valence-corrected chi connectivity index (χ1v) is 7.26. The summed E-state index contributed by atoms with van der Waals surface area (Å²) in [7, 11) is 3.12. The van der Waals surface area contributed by atoms with Crippen molar-refractivity contribution in [2.45, 2.75) is 19.9 Å². The summed E-state index contributed by atoms with van der Waals surface area (Å²) in [6.45, 7) is 2.62. The van der Waals surface area contributed by atoms with Crippen molar-refractivity contribution in [3.8, 4) is 11.5 Å². The first-order valence-electron chi connectivity index (χ1n) is 7.26. The van der Waals surface area contributed by atoms with E-state index in [0.29, 0.717) is 23.6 Å². The maximum Gasteiger partial charge on any atom is 0.251 e. The molecular weight excluding hydrogens is 278 g/mol. The molecule has 1 amide bonds. The zero-order valence-electron chi connectivity index (χ0n) is 13.2. The van der Waals surface area contributed by atoms with Gasteiger partial charge in [-0.15, -0.1) is 0 Å². The first kappa shape index (κ1) is 15.9. The molecule has 0 unspecified atom stereocenters. The van der Waals surface area contributed by atoms with Gasteiger partial charge in [0.25, 0.3) is 5.91 Å². The number of hydrogen-bond donors (Lipinski definition) is 1. The minimum absolute atomic E-state index is 0.138. The Morgan fingerprint density at radius 2 is 1.59 bits per heavy atom. The number of hydrogen-bond acceptors (Lipinski definition) is 3. The second kappa shape index (κ2) is 7.50. The lowest BCUT2D eigenvalue weighted by Gasteiger charge is -2.10. The van der Waals surface area contributed by atoms with Gasteiger partial charge in [0.2, 0.25) is 0 Å². The van der Waals surface area contributed by atoms with Crippen molar-refractivity contribution in [3.05, 3.63) is 59.2 Å². The predicted molar refractivity (Wildman–Crippen MR) is 86.5 cm³/mol. The Kier molecular flexibility index (Phi) is 5.42. The topological polar surface area (TPSA) is 47.6 Å². The van der Waals surface area contributed by atoms with E-state index in [1.165, 1.54) is 5.56 Å². The molecule has 0 atom stereocenters. The van der Waals surface area contributed by atoms with Gasteiger partial charge in [0.05, 0.1) is 14.2 Å². The van der Waals surface area contributed by atoms with Gasteiger partial charge in [0, 0.05) is 12.1 Å². The minimum atomic E-state index is -0.138. The van der Waals surface area contributed by atoms with Gasteiger partial charge in [-0.3, -0.25) is 4.79 Å². The number of benzene rings is 2.